The molecule has 0 aromatic rings. The molecular formula is C19H41NO. The fourth-order valence-electron chi connectivity index (χ4n) is 3.64. The van der Waals surface area contributed by atoms with Crippen molar-refractivity contribution in [1.29, 1.82) is 0 Å². The van der Waals surface area contributed by atoms with Crippen molar-refractivity contribution in [2.45, 2.75) is 104 Å². The Morgan fingerprint density at radius 3 is 1.90 bits per heavy atom. The van der Waals surface area contributed by atoms with Gasteiger partial charge in [-0.05, 0) is 51.5 Å². The van der Waals surface area contributed by atoms with Crippen molar-refractivity contribution < 1.29 is 4.74 Å². The van der Waals surface area contributed by atoms with Crippen LogP contribution in [-0.4, -0.2) is 18.8 Å². The van der Waals surface area contributed by atoms with Gasteiger partial charge < -0.3 is 10.5 Å². The maximum atomic E-state index is 6.24. The van der Waals surface area contributed by atoms with Crippen LogP contribution in [0.15, 0.2) is 0 Å². The molecule has 0 rings (SSSR count). The highest BCUT2D eigenvalue weighted by molar-refractivity contribution is 4.86. The van der Waals surface area contributed by atoms with E-state index >= 15 is 0 Å². The Hall–Kier alpha value is -0.0800. The monoisotopic (exact) mass is 299 g/mol. The van der Waals surface area contributed by atoms with Crippen molar-refractivity contribution in [3.05, 3.63) is 0 Å². The molecule has 0 amide bonds. The van der Waals surface area contributed by atoms with Gasteiger partial charge in [-0.2, -0.15) is 0 Å². The first-order valence-electron chi connectivity index (χ1n) is 9.54. The first kappa shape index (κ1) is 20.9. The summed E-state index contributed by atoms with van der Waals surface area (Å²) in [4.78, 5) is 0. The zero-order valence-electron chi connectivity index (χ0n) is 15.3. The van der Waals surface area contributed by atoms with E-state index in [2.05, 4.69) is 27.7 Å². The standard InChI is InChI=1S/C19H41NO/c1-5-9-10-11-12-13-15-18(16-14-17-20)19(6-2,7-3)21-8-4/h18H,5-17,20H2,1-4H3. The van der Waals surface area contributed by atoms with Gasteiger partial charge in [-0.1, -0.05) is 59.3 Å². The number of hydrogen-bond acceptors (Lipinski definition) is 2. The highest BCUT2D eigenvalue weighted by Crippen LogP contribution is 2.36. The third-order valence-electron chi connectivity index (χ3n) is 5.04. The largest absolute Gasteiger partial charge is 0.375 e. The first-order valence-corrected chi connectivity index (χ1v) is 9.54. The van der Waals surface area contributed by atoms with E-state index in [9.17, 15) is 0 Å². The lowest BCUT2D eigenvalue weighted by molar-refractivity contribution is -0.0934. The third-order valence-corrected chi connectivity index (χ3v) is 5.04. The maximum Gasteiger partial charge on any atom is 0.0705 e. The molecule has 0 spiro atoms. The molecular weight excluding hydrogens is 258 g/mol. The second kappa shape index (κ2) is 13.6. The molecule has 2 nitrogen and oxygen atoms in total. The van der Waals surface area contributed by atoms with E-state index in [1.165, 1.54) is 51.4 Å². The summed E-state index contributed by atoms with van der Waals surface area (Å²) in [6.07, 6.45) is 14.2. The SMILES string of the molecule is CCCCCCCCC(CCCN)C(CC)(CC)OCC. The zero-order chi connectivity index (χ0) is 16.0. The Morgan fingerprint density at radius 1 is 0.810 bits per heavy atom. The van der Waals surface area contributed by atoms with Crippen molar-refractivity contribution in [2.24, 2.45) is 11.7 Å². The van der Waals surface area contributed by atoms with Crippen LogP contribution in [0.3, 0.4) is 0 Å². The normalized spacial score (nSPS) is 13.6. The van der Waals surface area contributed by atoms with Gasteiger partial charge in [0.25, 0.3) is 0 Å². The lowest BCUT2D eigenvalue weighted by Gasteiger charge is -2.40. The van der Waals surface area contributed by atoms with Gasteiger partial charge in [0.1, 0.15) is 0 Å². The summed E-state index contributed by atoms with van der Waals surface area (Å²) in [5.41, 5.74) is 5.84. The number of nitrogens with two attached hydrogens (primary N) is 1. The summed E-state index contributed by atoms with van der Waals surface area (Å²) >= 11 is 0. The molecule has 0 aromatic heterocycles. The minimum atomic E-state index is 0.0906. The lowest BCUT2D eigenvalue weighted by atomic mass is 9.76. The molecule has 0 aliphatic heterocycles. The molecule has 0 saturated heterocycles. The van der Waals surface area contributed by atoms with E-state index in [4.69, 9.17) is 10.5 Å². The van der Waals surface area contributed by atoms with Gasteiger partial charge in [-0.15, -0.1) is 0 Å². The quantitative estimate of drug-likeness (QED) is 0.394. The van der Waals surface area contributed by atoms with Gasteiger partial charge in [0.05, 0.1) is 5.60 Å². The summed E-state index contributed by atoms with van der Waals surface area (Å²) in [6, 6.07) is 0. The predicted molar refractivity (Wildman–Crippen MR) is 94.7 cm³/mol. The van der Waals surface area contributed by atoms with Crippen molar-refractivity contribution in [3.8, 4) is 0 Å². The topological polar surface area (TPSA) is 35.2 Å². The molecule has 2 N–H and O–H groups in total. The number of ether oxygens (including phenoxy) is 1. The highest BCUT2D eigenvalue weighted by atomic mass is 16.5. The molecule has 1 atom stereocenters. The van der Waals surface area contributed by atoms with Crippen LogP contribution in [0.1, 0.15) is 98.3 Å². The van der Waals surface area contributed by atoms with E-state index in [-0.39, 0.29) is 5.60 Å². The van der Waals surface area contributed by atoms with Crippen molar-refractivity contribution >= 4 is 0 Å². The average molecular weight is 300 g/mol. The van der Waals surface area contributed by atoms with Crippen LogP contribution in [-0.2, 0) is 4.74 Å². The van der Waals surface area contributed by atoms with E-state index in [1.807, 2.05) is 0 Å². The predicted octanol–water partition coefficient (Wildman–Crippen LogP) is 5.69. The second-order valence-electron chi connectivity index (χ2n) is 6.39. The van der Waals surface area contributed by atoms with Crippen LogP contribution in [0.5, 0.6) is 0 Å². The average Bonchev–Trinajstić information content (AvgIpc) is 2.51. The van der Waals surface area contributed by atoms with Gasteiger partial charge in [-0.25, -0.2) is 0 Å². The van der Waals surface area contributed by atoms with Crippen molar-refractivity contribution in [2.75, 3.05) is 13.2 Å². The molecule has 128 valence electrons. The summed E-state index contributed by atoms with van der Waals surface area (Å²) in [7, 11) is 0. The Balaban J connectivity index is 4.39. The first-order chi connectivity index (χ1) is 10.2. The van der Waals surface area contributed by atoms with E-state index < -0.39 is 0 Å². The minimum Gasteiger partial charge on any atom is -0.375 e. The molecule has 0 radical (unpaired) electrons. The molecule has 2 heteroatoms. The van der Waals surface area contributed by atoms with Crippen LogP contribution >= 0.6 is 0 Å². The Labute approximate surface area is 134 Å². The zero-order valence-corrected chi connectivity index (χ0v) is 15.3. The fraction of sp³-hybridized carbons (Fsp3) is 1.00. The van der Waals surface area contributed by atoms with Gasteiger partial charge in [-0.3, -0.25) is 0 Å². The van der Waals surface area contributed by atoms with Crippen LogP contribution in [0, 0.1) is 5.92 Å². The lowest BCUT2D eigenvalue weighted by Crippen LogP contribution is -2.40. The summed E-state index contributed by atoms with van der Waals surface area (Å²) in [5.74, 6) is 0.683. The molecule has 0 bridgehead atoms. The number of hydrogen-bond donors (Lipinski definition) is 1. The van der Waals surface area contributed by atoms with E-state index in [1.54, 1.807) is 0 Å². The molecule has 1 unspecified atom stereocenters. The minimum absolute atomic E-state index is 0.0906. The second-order valence-corrected chi connectivity index (χ2v) is 6.39. The van der Waals surface area contributed by atoms with Crippen molar-refractivity contribution in [1.82, 2.24) is 0 Å². The van der Waals surface area contributed by atoms with Crippen molar-refractivity contribution in [3.63, 3.8) is 0 Å². The van der Waals surface area contributed by atoms with E-state index in [0.29, 0.717) is 5.92 Å². The van der Waals surface area contributed by atoms with Gasteiger partial charge in [0, 0.05) is 6.61 Å². The van der Waals surface area contributed by atoms with Crippen LogP contribution < -0.4 is 5.73 Å². The van der Waals surface area contributed by atoms with Crippen LogP contribution in [0.4, 0.5) is 0 Å². The fourth-order valence-corrected chi connectivity index (χ4v) is 3.64. The van der Waals surface area contributed by atoms with E-state index in [0.717, 1.165) is 32.4 Å². The number of rotatable bonds is 15. The van der Waals surface area contributed by atoms with Crippen LogP contribution in [0.25, 0.3) is 0 Å². The smallest absolute Gasteiger partial charge is 0.0705 e. The molecule has 0 fully saturated rings. The Bertz CT molecular complexity index is 214. The molecule has 0 aliphatic rings. The summed E-state index contributed by atoms with van der Waals surface area (Å²) in [5, 5.41) is 0. The van der Waals surface area contributed by atoms with Crippen LogP contribution in [0.2, 0.25) is 0 Å². The molecule has 0 heterocycles. The Kier molecular flexibility index (Phi) is 13.5. The number of unbranched alkanes of at least 4 members (excludes halogenated alkanes) is 5. The molecule has 0 saturated carbocycles. The van der Waals surface area contributed by atoms with Gasteiger partial charge >= 0.3 is 0 Å². The Morgan fingerprint density at radius 2 is 1.38 bits per heavy atom. The summed E-state index contributed by atoms with van der Waals surface area (Å²) in [6.45, 7) is 10.6. The maximum absolute atomic E-state index is 6.24. The molecule has 0 aromatic carbocycles. The summed E-state index contributed by atoms with van der Waals surface area (Å²) < 4.78 is 6.24. The van der Waals surface area contributed by atoms with Gasteiger partial charge in [0.15, 0.2) is 0 Å². The third kappa shape index (κ3) is 8.21. The molecule has 0 aliphatic carbocycles. The van der Waals surface area contributed by atoms with Gasteiger partial charge in [0.2, 0.25) is 0 Å². The highest BCUT2D eigenvalue weighted by Gasteiger charge is 2.35. The molecule has 21 heavy (non-hydrogen) atoms.